The molecule has 0 aliphatic carbocycles. The lowest BCUT2D eigenvalue weighted by Crippen LogP contribution is -1.94. The average molecular weight is 302 g/mol. The zero-order valence-corrected chi connectivity index (χ0v) is 12.0. The molecule has 0 aliphatic heterocycles. The second-order valence-corrected chi connectivity index (χ2v) is 4.24. The van der Waals surface area contributed by atoms with Gasteiger partial charge in [-0.05, 0) is 35.4 Å². The fraction of sp³-hybridized carbons (Fsp3) is 0.143. The zero-order chi connectivity index (χ0) is 15.9. The number of hydrogen-bond acceptors (Lipinski definition) is 6. The molecule has 0 aromatic heterocycles. The van der Waals surface area contributed by atoms with Crippen LogP contribution in [-0.4, -0.2) is 14.2 Å². The van der Waals surface area contributed by atoms with Gasteiger partial charge in [0, 0.05) is 0 Å². The lowest BCUT2D eigenvalue weighted by molar-refractivity contribution is 0.416. The maximum atomic E-state index is 10.3. The number of hydrogen-bond donors (Lipinski definition) is 2. The first-order chi connectivity index (χ1) is 10.7. The van der Waals surface area contributed by atoms with Gasteiger partial charge in [-0.25, -0.2) is 10.9 Å². The van der Waals surface area contributed by atoms with E-state index in [9.17, 15) is 9.81 Å². The summed E-state index contributed by atoms with van der Waals surface area (Å²) in [5.74, 6) is 0.959. The summed E-state index contributed by atoms with van der Waals surface area (Å²) in [4.78, 5) is 20.6. The average Bonchev–Trinajstić information content (AvgIpc) is 2.56. The van der Waals surface area contributed by atoms with Gasteiger partial charge >= 0.3 is 0 Å². The minimum absolute atomic E-state index is 0.469. The lowest BCUT2D eigenvalue weighted by Gasteiger charge is -2.11. The number of rotatable bonds is 7. The molecule has 8 nitrogen and oxygen atoms in total. The summed E-state index contributed by atoms with van der Waals surface area (Å²) in [6, 6.07) is 10.5. The van der Waals surface area contributed by atoms with Gasteiger partial charge in [0.25, 0.3) is 0 Å². The Bertz CT molecular complexity index is 631. The highest BCUT2D eigenvalue weighted by Crippen LogP contribution is 2.34. The molecule has 8 heteroatoms. The third-order valence-corrected chi connectivity index (χ3v) is 3.07. The predicted molar refractivity (Wildman–Crippen MR) is 83.8 cm³/mol. The quantitative estimate of drug-likeness (QED) is 0.599. The number of nitroso groups, excluding NO2 is 2. The molecule has 0 fully saturated rings. The van der Waals surface area contributed by atoms with Crippen LogP contribution in [0.15, 0.2) is 47.0 Å². The van der Waals surface area contributed by atoms with Gasteiger partial charge in [0.05, 0.1) is 24.8 Å². The fourth-order valence-corrected chi connectivity index (χ4v) is 2.02. The number of ether oxygens (including phenoxy) is 2. The molecule has 2 aromatic carbocycles. The molecule has 0 amide bonds. The Morgan fingerprint density at radius 3 is 1.50 bits per heavy atom. The van der Waals surface area contributed by atoms with Gasteiger partial charge in [-0.1, -0.05) is 12.1 Å². The van der Waals surface area contributed by atoms with E-state index in [2.05, 4.69) is 21.4 Å². The number of benzene rings is 2. The number of anilines is 2. The fourth-order valence-electron chi connectivity index (χ4n) is 2.02. The smallest absolute Gasteiger partial charge is 0.144 e. The minimum atomic E-state index is 0.469. The van der Waals surface area contributed by atoms with Gasteiger partial charge in [0.2, 0.25) is 0 Å². The van der Waals surface area contributed by atoms with Crippen LogP contribution in [0, 0.1) is 9.81 Å². The predicted octanol–water partition coefficient (Wildman–Crippen LogP) is 3.56. The Balaban J connectivity index is 2.43. The van der Waals surface area contributed by atoms with Crippen LogP contribution in [0.3, 0.4) is 0 Å². The Morgan fingerprint density at radius 2 is 1.18 bits per heavy atom. The van der Waals surface area contributed by atoms with Crippen molar-refractivity contribution in [2.24, 2.45) is 10.6 Å². The molecule has 114 valence electrons. The van der Waals surface area contributed by atoms with Crippen LogP contribution in [0.5, 0.6) is 11.5 Å². The second kappa shape index (κ2) is 7.02. The molecule has 0 spiro atoms. The minimum Gasteiger partial charge on any atom is -0.494 e. The van der Waals surface area contributed by atoms with Crippen molar-refractivity contribution in [2.45, 2.75) is 0 Å². The van der Waals surface area contributed by atoms with Crippen molar-refractivity contribution in [3.8, 4) is 22.6 Å². The van der Waals surface area contributed by atoms with Crippen LogP contribution in [0.25, 0.3) is 11.1 Å². The first-order valence-electron chi connectivity index (χ1n) is 6.26. The van der Waals surface area contributed by atoms with Crippen molar-refractivity contribution < 1.29 is 9.47 Å². The molecule has 2 aromatic rings. The Hall–Kier alpha value is -3.16. The molecular weight excluding hydrogens is 288 g/mol. The highest BCUT2D eigenvalue weighted by Gasteiger charge is 2.09. The maximum absolute atomic E-state index is 10.3. The lowest BCUT2D eigenvalue weighted by atomic mass is 10.0. The molecule has 22 heavy (non-hydrogen) atoms. The first kappa shape index (κ1) is 15.2. The van der Waals surface area contributed by atoms with Crippen molar-refractivity contribution in [1.29, 1.82) is 0 Å². The van der Waals surface area contributed by atoms with Gasteiger partial charge in [-0.3, -0.25) is 0 Å². The second-order valence-electron chi connectivity index (χ2n) is 4.24. The van der Waals surface area contributed by atoms with Gasteiger partial charge in [-0.15, -0.1) is 9.81 Å². The first-order valence-corrected chi connectivity index (χ1v) is 6.26. The molecular formula is C14H14N4O4. The van der Waals surface area contributed by atoms with Gasteiger partial charge < -0.3 is 9.47 Å². The largest absolute Gasteiger partial charge is 0.494 e. The molecule has 2 rings (SSSR count). The third-order valence-electron chi connectivity index (χ3n) is 3.07. The van der Waals surface area contributed by atoms with Crippen molar-refractivity contribution >= 4 is 11.4 Å². The van der Waals surface area contributed by atoms with E-state index < -0.39 is 0 Å². The molecule has 0 bridgehead atoms. The molecule has 0 heterocycles. The van der Waals surface area contributed by atoms with Crippen LogP contribution in [0.2, 0.25) is 0 Å². The Labute approximate surface area is 126 Å². The maximum Gasteiger partial charge on any atom is 0.144 e. The molecule has 0 aliphatic rings. The molecule has 0 radical (unpaired) electrons. The van der Waals surface area contributed by atoms with E-state index in [0.717, 1.165) is 11.1 Å². The van der Waals surface area contributed by atoms with Crippen molar-refractivity contribution in [1.82, 2.24) is 0 Å². The highest BCUT2D eigenvalue weighted by atomic mass is 16.5. The molecule has 0 atom stereocenters. The van der Waals surface area contributed by atoms with Gasteiger partial charge in [-0.2, -0.15) is 0 Å². The molecule has 0 saturated heterocycles. The standard InChI is InChI=1S/C14H14N4O4/c1-21-13-7-9(3-5-11(13)15-17-19)10-4-6-12(16-18-20)14(8-10)22-2/h3-8H,1-2H3,(H,15,19)(H,16,20). The van der Waals surface area contributed by atoms with Crippen LogP contribution in [-0.2, 0) is 0 Å². The van der Waals surface area contributed by atoms with E-state index in [1.165, 1.54) is 14.2 Å². The Morgan fingerprint density at radius 1 is 0.773 bits per heavy atom. The van der Waals surface area contributed by atoms with Crippen molar-refractivity contribution in [3.63, 3.8) is 0 Å². The summed E-state index contributed by atoms with van der Waals surface area (Å²) in [5.41, 5.74) is 7.26. The van der Waals surface area contributed by atoms with Gasteiger partial charge in [0.15, 0.2) is 0 Å². The normalized spacial score (nSPS) is 9.73. The SMILES string of the molecule is COc1cc(-c2ccc(NN=O)c(OC)c2)ccc1NN=O. The van der Waals surface area contributed by atoms with E-state index in [1.807, 2.05) is 0 Å². The van der Waals surface area contributed by atoms with Crippen LogP contribution < -0.4 is 20.3 Å². The molecule has 0 saturated carbocycles. The summed E-state index contributed by atoms with van der Waals surface area (Å²) in [7, 11) is 3.00. The van der Waals surface area contributed by atoms with E-state index in [4.69, 9.17) is 9.47 Å². The third kappa shape index (κ3) is 3.11. The monoisotopic (exact) mass is 302 g/mol. The molecule has 0 unspecified atom stereocenters. The molecule has 2 N–H and O–H groups in total. The number of nitrogens with one attached hydrogen (secondary N) is 2. The number of nitrogens with zero attached hydrogens (tertiary/aromatic N) is 2. The summed E-state index contributed by atoms with van der Waals surface area (Å²) >= 11 is 0. The van der Waals surface area contributed by atoms with Gasteiger partial charge in [0.1, 0.15) is 22.9 Å². The van der Waals surface area contributed by atoms with E-state index >= 15 is 0 Å². The van der Waals surface area contributed by atoms with E-state index in [-0.39, 0.29) is 0 Å². The van der Waals surface area contributed by atoms with Crippen molar-refractivity contribution in [2.75, 3.05) is 25.1 Å². The van der Waals surface area contributed by atoms with Crippen LogP contribution in [0.4, 0.5) is 11.4 Å². The van der Waals surface area contributed by atoms with Crippen LogP contribution >= 0.6 is 0 Å². The summed E-state index contributed by atoms with van der Waals surface area (Å²) in [6.45, 7) is 0. The topological polar surface area (TPSA) is 101 Å². The summed E-state index contributed by atoms with van der Waals surface area (Å²) in [6.07, 6.45) is 0. The van der Waals surface area contributed by atoms with E-state index in [0.29, 0.717) is 22.9 Å². The zero-order valence-electron chi connectivity index (χ0n) is 12.0. The highest BCUT2D eigenvalue weighted by molar-refractivity contribution is 5.74. The summed E-state index contributed by atoms with van der Waals surface area (Å²) in [5, 5.41) is 5.26. The van der Waals surface area contributed by atoms with Crippen LogP contribution in [0.1, 0.15) is 0 Å². The number of methoxy groups -OCH3 is 2. The van der Waals surface area contributed by atoms with E-state index in [1.54, 1.807) is 36.4 Å². The summed E-state index contributed by atoms with van der Waals surface area (Å²) < 4.78 is 10.4. The Kier molecular flexibility index (Phi) is 4.86. The van der Waals surface area contributed by atoms with Crippen molar-refractivity contribution in [3.05, 3.63) is 46.2 Å².